The summed E-state index contributed by atoms with van der Waals surface area (Å²) in [4.78, 5) is 13.0. The average Bonchev–Trinajstić information content (AvgIpc) is 3.11. The van der Waals surface area contributed by atoms with Crippen molar-refractivity contribution in [1.82, 2.24) is 9.78 Å². The molecule has 1 amide bonds. The van der Waals surface area contributed by atoms with Gasteiger partial charge in [-0.2, -0.15) is 5.10 Å². The molecule has 2 heterocycles. The van der Waals surface area contributed by atoms with Gasteiger partial charge < -0.3 is 5.32 Å². The van der Waals surface area contributed by atoms with E-state index in [2.05, 4.69) is 11.4 Å². The molecule has 0 aliphatic carbocycles. The zero-order valence-electron chi connectivity index (χ0n) is 16.5. The second-order valence-corrected chi connectivity index (χ2v) is 8.99. The summed E-state index contributed by atoms with van der Waals surface area (Å²) in [6.45, 7) is 8.03. The summed E-state index contributed by atoms with van der Waals surface area (Å²) in [5, 5.41) is 7.74. The molecule has 0 saturated heterocycles. The highest BCUT2D eigenvalue weighted by Gasteiger charge is 2.29. The Balaban J connectivity index is 1.79. The van der Waals surface area contributed by atoms with Gasteiger partial charge in [-0.05, 0) is 51.5 Å². The summed E-state index contributed by atoms with van der Waals surface area (Å²) in [5.74, 6) is 1.29. The zero-order valence-corrected chi connectivity index (χ0v) is 17.3. The van der Waals surface area contributed by atoms with Crippen molar-refractivity contribution >= 4 is 22.5 Å². The first kappa shape index (κ1) is 18.6. The fraction of sp³-hybridized carbons (Fsp3) is 0.273. The summed E-state index contributed by atoms with van der Waals surface area (Å²) in [6, 6.07) is 11.9. The number of nitrogens with one attached hydrogen (secondary N) is 1. The third-order valence-electron chi connectivity index (χ3n) is 4.97. The number of fused-ring (bicyclic) bond motifs is 1. The lowest BCUT2D eigenvalue weighted by atomic mass is 10.1. The van der Waals surface area contributed by atoms with E-state index < -0.39 is 10.8 Å². The minimum Gasteiger partial charge on any atom is -0.306 e. The zero-order chi connectivity index (χ0) is 20.0. The molecule has 6 heteroatoms. The van der Waals surface area contributed by atoms with E-state index in [9.17, 15) is 9.00 Å². The van der Waals surface area contributed by atoms with Gasteiger partial charge in [-0.25, -0.2) is 4.68 Å². The van der Waals surface area contributed by atoms with Gasteiger partial charge in [0.25, 0.3) is 5.91 Å². The van der Waals surface area contributed by atoms with Crippen molar-refractivity contribution in [2.24, 2.45) is 0 Å². The summed E-state index contributed by atoms with van der Waals surface area (Å²) in [6.07, 6.45) is 0. The Labute approximate surface area is 167 Å². The first-order valence-electron chi connectivity index (χ1n) is 9.25. The number of carbonyl (C=O) groups is 1. The van der Waals surface area contributed by atoms with E-state index in [1.165, 1.54) is 5.56 Å². The van der Waals surface area contributed by atoms with Crippen LogP contribution in [-0.4, -0.2) is 19.9 Å². The molecule has 2 aromatic carbocycles. The van der Waals surface area contributed by atoms with Gasteiger partial charge in [-0.3, -0.25) is 9.00 Å². The van der Waals surface area contributed by atoms with E-state index in [1.807, 2.05) is 58.0 Å². The smallest absolute Gasteiger partial charge is 0.256 e. The van der Waals surface area contributed by atoms with Crippen molar-refractivity contribution in [2.45, 2.75) is 39.2 Å². The van der Waals surface area contributed by atoms with Gasteiger partial charge in [0.1, 0.15) is 5.82 Å². The molecule has 0 bridgehead atoms. The Hall–Kier alpha value is -2.73. The summed E-state index contributed by atoms with van der Waals surface area (Å²) < 4.78 is 13.9. The summed E-state index contributed by atoms with van der Waals surface area (Å²) in [7, 11) is -0.966. The van der Waals surface area contributed by atoms with E-state index in [0.717, 1.165) is 33.6 Å². The van der Waals surface area contributed by atoms with Crippen LogP contribution in [0.1, 0.15) is 43.9 Å². The third kappa shape index (κ3) is 3.40. The van der Waals surface area contributed by atoms with Crippen LogP contribution in [0.15, 0.2) is 36.4 Å². The first-order valence-corrected chi connectivity index (χ1v) is 10.7. The van der Waals surface area contributed by atoms with Gasteiger partial charge >= 0.3 is 0 Å². The number of hydrogen-bond donors (Lipinski definition) is 1. The normalized spacial score (nSPS) is 15.5. The molecule has 3 aromatic rings. The number of amides is 1. The maximum Gasteiger partial charge on any atom is 0.256 e. The van der Waals surface area contributed by atoms with Gasteiger partial charge in [-0.15, -0.1) is 0 Å². The molecule has 1 aromatic heterocycles. The number of carbonyl (C=O) groups excluding carboxylic acids is 1. The van der Waals surface area contributed by atoms with E-state index in [1.54, 1.807) is 4.68 Å². The van der Waals surface area contributed by atoms with Crippen LogP contribution in [-0.2, 0) is 22.3 Å². The van der Waals surface area contributed by atoms with Crippen LogP contribution in [0.5, 0.6) is 0 Å². The van der Waals surface area contributed by atoms with E-state index in [-0.39, 0.29) is 5.91 Å². The fourth-order valence-electron chi connectivity index (χ4n) is 3.76. The molecular formula is C22H23N3O2S. The lowest BCUT2D eigenvalue weighted by molar-refractivity contribution is 0.102. The number of anilines is 1. The molecule has 1 atom stereocenters. The second-order valence-electron chi connectivity index (χ2n) is 7.53. The van der Waals surface area contributed by atoms with Crippen LogP contribution in [0.2, 0.25) is 0 Å². The second kappa shape index (κ2) is 7.02. The Morgan fingerprint density at radius 3 is 2.39 bits per heavy atom. The summed E-state index contributed by atoms with van der Waals surface area (Å²) in [5.41, 5.74) is 7.52. The molecule has 0 fully saturated rings. The Kier molecular flexibility index (Phi) is 4.67. The van der Waals surface area contributed by atoms with Crippen molar-refractivity contribution in [2.75, 3.05) is 5.32 Å². The standard InChI is InChI=1S/C22H23N3O2S/c1-13-5-6-20(16(4)8-13)25-21(18-11-28(27)12-19(18)24-25)23-22(26)17-9-14(2)7-15(3)10-17/h5-10H,11-12H2,1-4H3,(H,23,26)/t28-/m1/s1. The minimum atomic E-state index is -0.966. The van der Waals surface area contributed by atoms with Crippen LogP contribution in [0.3, 0.4) is 0 Å². The van der Waals surface area contributed by atoms with Crippen molar-refractivity contribution in [3.8, 4) is 5.69 Å². The monoisotopic (exact) mass is 393 g/mol. The highest BCUT2D eigenvalue weighted by atomic mass is 32.2. The van der Waals surface area contributed by atoms with Gasteiger partial charge in [0, 0.05) is 21.9 Å². The molecule has 1 N–H and O–H groups in total. The topological polar surface area (TPSA) is 64.0 Å². The van der Waals surface area contributed by atoms with Crippen molar-refractivity contribution < 1.29 is 9.00 Å². The molecule has 1 aliphatic rings. The maximum absolute atomic E-state index is 13.0. The predicted molar refractivity (Wildman–Crippen MR) is 112 cm³/mol. The number of aryl methyl sites for hydroxylation is 4. The minimum absolute atomic E-state index is 0.182. The molecule has 5 nitrogen and oxygen atoms in total. The number of nitrogens with zero attached hydrogens (tertiary/aromatic N) is 2. The molecule has 0 spiro atoms. The third-order valence-corrected chi connectivity index (χ3v) is 6.17. The van der Waals surface area contributed by atoms with Crippen molar-refractivity contribution in [1.29, 1.82) is 0 Å². The SMILES string of the molecule is Cc1cc(C)cc(C(=O)Nc2c3c(nn2-c2ccc(C)cc2C)C[S@](=O)C3)c1. The fourth-order valence-corrected chi connectivity index (χ4v) is 5.02. The summed E-state index contributed by atoms with van der Waals surface area (Å²) >= 11 is 0. The van der Waals surface area contributed by atoms with Gasteiger partial charge in [-0.1, -0.05) is 34.9 Å². The molecular weight excluding hydrogens is 370 g/mol. The van der Waals surface area contributed by atoms with Crippen LogP contribution < -0.4 is 5.32 Å². The van der Waals surface area contributed by atoms with E-state index in [0.29, 0.717) is 22.9 Å². The first-order chi connectivity index (χ1) is 13.3. The quantitative estimate of drug-likeness (QED) is 0.728. The Morgan fingerprint density at radius 1 is 1.00 bits per heavy atom. The van der Waals surface area contributed by atoms with Gasteiger partial charge in [0.15, 0.2) is 0 Å². The number of benzene rings is 2. The van der Waals surface area contributed by atoms with Crippen LogP contribution in [0.4, 0.5) is 5.82 Å². The molecule has 0 unspecified atom stereocenters. The lowest BCUT2D eigenvalue weighted by Crippen LogP contribution is -2.17. The maximum atomic E-state index is 13.0. The number of rotatable bonds is 3. The molecule has 0 saturated carbocycles. The van der Waals surface area contributed by atoms with Crippen LogP contribution >= 0.6 is 0 Å². The lowest BCUT2D eigenvalue weighted by Gasteiger charge is -2.14. The molecule has 0 radical (unpaired) electrons. The highest BCUT2D eigenvalue weighted by Crippen LogP contribution is 2.32. The average molecular weight is 394 g/mol. The molecule has 4 rings (SSSR count). The van der Waals surface area contributed by atoms with Gasteiger partial charge in [0.05, 0.1) is 22.9 Å². The van der Waals surface area contributed by atoms with Gasteiger partial charge in [0.2, 0.25) is 0 Å². The largest absolute Gasteiger partial charge is 0.306 e. The Bertz CT molecular complexity index is 1110. The number of aromatic nitrogens is 2. The van der Waals surface area contributed by atoms with Crippen LogP contribution in [0, 0.1) is 27.7 Å². The molecule has 1 aliphatic heterocycles. The van der Waals surface area contributed by atoms with Crippen molar-refractivity contribution in [3.63, 3.8) is 0 Å². The Morgan fingerprint density at radius 2 is 1.71 bits per heavy atom. The number of hydrogen-bond acceptors (Lipinski definition) is 3. The van der Waals surface area contributed by atoms with Crippen LogP contribution in [0.25, 0.3) is 5.69 Å². The van der Waals surface area contributed by atoms with E-state index in [4.69, 9.17) is 5.10 Å². The highest BCUT2D eigenvalue weighted by molar-refractivity contribution is 7.83. The predicted octanol–water partition coefficient (Wildman–Crippen LogP) is 4.12. The van der Waals surface area contributed by atoms with E-state index >= 15 is 0 Å². The van der Waals surface area contributed by atoms with Crippen molar-refractivity contribution in [3.05, 3.63) is 75.5 Å². The molecule has 144 valence electrons. The molecule has 28 heavy (non-hydrogen) atoms.